The van der Waals surface area contributed by atoms with Crippen LogP contribution in [0.25, 0.3) is 0 Å². The molecule has 0 bridgehead atoms. The fraction of sp³-hybridized carbons (Fsp3) is 0.957. The predicted molar refractivity (Wildman–Crippen MR) is 130 cm³/mol. The molecule has 0 amide bonds. The number of carbonyl (C=O) groups is 1. The Hall–Kier alpha value is 0.230. The third-order valence-corrected chi connectivity index (χ3v) is 4.31. The van der Waals surface area contributed by atoms with Crippen LogP contribution >= 0.6 is 0 Å². The van der Waals surface area contributed by atoms with E-state index in [4.69, 9.17) is 35.0 Å². The first-order valence-corrected chi connectivity index (χ1v) is 11.8. The first-order valence-electron chi connectivity index (χ1n) is 11.8. The molecule has 0 rings (SSSR count). The van der Waals surface area contributed by atoms with E-state index in [-0.39, 0.29) is 29.6 Å². The van der Waals surface area contributed by atoms with E-state index in [0.29, 0.717) is 6.61 Å². The van der Waals surface area contributed by atoms with Gasteiger partial charge in [0.15, 0.2) is 0 Å². The zero-order valence-corrected chi connectivity index (χ0v) is 20.3. The van der Waals surface area contributed by atoms with Gasteiger partial charge in [0.2, 0.25) is 0 Å². The number of aliphatic hydroxyl groups excluding tert-OH is 5. The van der Waals surface area contributed by atoms with E-state index >= 15 is 0 Å². The van der Waals surface area contributed by atoms with Gasteiger partial charge >= 0.3 is 35.5 Å². The average Bonchev–Trinajstić information content (AvgIpc) is 2.77. The molecule has 9 heteroatoms. The molecule has 0 radical (unpaired) electrons. The number of aliphatic hydroxyl groups is 5. The van der Waals surface area contributed by atoms with Crippen molar-refractivity contribution >= 4 is 35.5 Å². The van der Waals surface area contributed by atoms with Crippen molar-refractivity contribution < 1.29 is 39.8 Å². The van der Waals surface area contributed by atoms with Gasteiger partial charge in [-0.05, 0) is 27.2 Å². The van der Waals surface area contributed by atoms with Crippen LogP contribution in [0, 0.1) is 0 Å². The van der Waals surface area contributed by atoms with Crippen LogP contribution in [0.2, 0.25) is 0 Å². The maximum atomic E-state index is 10.9. The number of ether oxygens (including phenoxy) is 2. The van der Waals surface area contributed by atoms with Crippen LogP contribution in [0.4, 0.5) is 0 Å². The van der Waals surface area contributed by atoms with Gasteiger partial charge in [0.05, 0.1) is 19.8 Å². The summed E-state index contributed by atoms with van der Waals surface area (Å²) in [6.07, 6.45) is 9.22. The van der Waals surface area contributed by atoms with Crippen LogP contribution in [0.15, 0.2) is 0 Å². The summed E-state index contributed by atoms with van der Waals surface area (Å²) < 4.78 is 9.72. The molecule has 0 aromatic rings. The number of esters is 1. The first kappa shape index (κ1) is 39.4. The molecule has 8 nitrogen and oxygen atoms in total. The Balaban J connectivity index is -0.000000232. The van der Waals surface area contributed by atoms with Crippen molar-refractivity contribution in [2.45, 2.75) is 110 Å². The third kappa shape index (κ3) is 34.8. The molecule has 5 N–H and O–H groups in total. The van der Waals surface area contributed by atoms with Gasteiger partial charge in [0.1, 0.15) is 18.3 Å². The van der Waals surface area contributed by atoms with Gasteiger partial charge in [-0.3, -0.25) is 0 Å². The molecule has 0 aliphatic rings. The van der Waals surface area contributed by atoms with E-state index in [0.717, 1.165) is 26.1 Å². The van der Waals surface area contributed by atoms with Crippen molar-refractivity contribution in [2.24, 2.45) is 0 Å². The van der Waals surface area contributed by atoms with Crippen LogP contribution in [0.3, 0.4) is 0 Å². The Bertz CT molecular complexity index is 336. The van der Waals surface area contributed by atoms with Crippen molar-refractivity contribution in [3.63, 3.8) is 0 Å². The molecule has 0 saturated carbocycles. The molecule has 192 valence electrons. The molecule has 3 atom stereocenters. The Kier molecular flexibility index (Phi) is 41.2. The molecular weight excluding hydrogens is 427 g/mol. The molecule has 32 heavy (non-hydrogen) atoms. The number of carbonyl (C=O) groups excluding carboxylic acids is 1. The van der Waals surface area contributed by atoms with E-state index in [1.54, 1.807) is 0 Å². The predicted octanol–water partition coefficient (Wildman–Crippen LogP) is 1.92. The molecule has 0 spiro atoms. The standard InChI is InChI=1S/C15H30O3.C4H10O4.C4H10O.Na.H/c1-3-4-5-6-7-8-9-10-11-12-13-18-15(17)14(2)16;5-1-3(7)4(8)2-6;1-3-5-4-2;;/h14,16H,3-13H2,1-2H3;3-8H,1-2H2;3-4H2,1-2H3;;. The number of rotatable bonds is 17. The summed E-state index contributed by atoms with van der Waals surface area (Å²) in [7, 11) is 0. The van der Waals surface area contributed by atoms with Gasteiger partial charge in [0.25, 0.3) is 0 Å². The van der Waals surface area contributed by atoms with Crippen LogP contribution in [-0.4, -0.2) is 112 Å². The average molecular weight is 479 g/mol. The molecule has 0 aliphatic heterocycles. The van der Waals surface area contributed by atoms with Crippen molar-refractivity contribution in [1.29, 1.82) is 0 Å². The fourth-order valence-electron chi connectivity index (χ4n) is 2.33. The van der Waals surface area contributed by atoms with Crippen molar-refractivity contribution in [2.75, 3.05) is 33.0 Å². The fourth-order valence-corrected chi connectivity index (χ4v) is 2.33. The summed E-state index contributed by atoms with van der Waals surface area (Å²) in [6.45, 7) is 8.73. The topological polar surface area (TPSA) is 137 Å². The summed E-state index contributed by atoms with van der Waals surface area (Å²) in [5.41, 5.74) is 0. The Labute approximate surface area is 218 Å². The van der Waals surface area contributed by atoms with Crippen LogP contribution < -0.4 is 0 Å². The molecule has 0 heterocycles. The Morgan fingerprint density at radius 3 is 1.38 bits per heavy atom. The second kappa shape index (κ2) is 33.4. The summed E-state index contributed by atoms with van der Waals surface area (Å²) in [5.74, 6) is -0.508. The second-order valence-corrected chi connectivity index (χ2v) is 7.31. The monoisotopic (exact) mass is 478 g/mol. The zero-order valence-electron chi connectivity index (χ0n) is 20.3. The van der Waals surface area contributed by atoms with Crippen molar-refractivity contribution in [3.05, 3.63) is 0 Å². The number of hydrogen-bond acceptors (Lipinski definition) is 8. The molecule has 3 unspecified atom stereocenters. The molecule has 0 aromatic carbocycles. The van der Waals surface area contributed by atoms with Gasteiger partial charge in [-0.2, -0.15) is 0 Å². The Morgan fingerprint density at radius 1 is 0.719 bits per heavy atom. The van der Waals surface area contributed by atoms with Gasteiger partial charge < -0.3 is 35.0 Å². The van der Waals surface area contributed by atoms with E-state index in [2.05, 4.69) is 6.92 Å². The minimum absolute atomic E-state index is 0. The summed E-state index contributed by atoms with van der Waals surface area (Å²) in [4.78, 5) is 10.9. The van der Waals surface area contributed by atoms with Crippen molar-refractivity contribution in [1.82, 2.24) is 0 Å². The minimum atomic E-state index is -1.22. The normalized spacial score (nSPS) is 12.8. The molecule has 0 fully saturated rings. The summed E-state index contributed by atoms with van der Waals surface area (Å²) in [5, 5.41) is 42.1. The van der Waals surface area contributed by atoms with E-state index < -0.39 is 37.5 Å². The van der Waals surface area contributed by atoms with Crippen LogP contribution in [-0.2, 0) is 14.3 Å². The van der Waals surface area contributed by atoms with Crippen molar-refractivity contribution in [3.8, 4) is 0 Å². The summed E-state index contributed by atoms with van der Waals surface area (Å²) in [6, 6.07) is 0. The van der Waals surface area contributed by atoms with Crippen LogP contribution in [0.5, 0.6) is 0 Å². The summed E-state index contributed by atoms with van der Waals surface area (Å²) >= 11 is 0. The molecular formula is C23H51NaO8. The maximum absolute atomic E-state index is 10.9. The second-order valence-electron chi connectivity index (χ2n) is 7.31. The van der Waals surface area contributed by atoms with Crippen LogP contribution in [0.1, 0.15) is 91.9 Å². The molecule has 0 saturated heterocycles. The molecule has 0 aliphatic carbocycles. The Morgan fingerprint density at radius 2 is 1.09 bits per heavy atom. The van der Waals surface area contributed by atoms with Gasteiger partial charge in [0, 0.05) is 13.2 Å². The van der Waals surface area contributed by atoms with E-state index in [9.17, 15) is 4.79 Å². The van der Waals surface area contributed by atoms with Gasteiger partial charge in [-0.25, -0.2) is 4.79 Å². The third-order valence-electron chi connectivity index (χ3n) is 4.31. The van der Waals surface area contributed by atoms with Gasteiger partial charge in [-0.1, -0.05) is 64.7 Å². The van der Waals surface area contributed by atoms with E-state index in [1.807, 2.05) is 13.8 Å². The van der Waals surface area contributed by atoms with Gasteiger partial charge in [-0.15, -0.1) is 0 Å². The number of unbranched alkanes of at least 4 members (excludes halogenated alkanes) is 9. The zero-order chi connectivity index (χ0) is 24.3. The SMILES string of the molecule is CCCCCCCCCCCCOC(=O)C(C)O.CCOCC.OCC(O)C(O)CO.[NaH]. The number of hydrogen-bond donors (Lipinski definition) is 5. The molecule has 0 aromatic heterocycles. The first-order chi connectivity index (χ1) is 14.8. The quantitative estimate of drug-likeness (QED) is 0.121. The van der Waals surface area contributed by atoms with E-state index in [1.165, 1.54) is 58.3 Å².